The standard InChI is InChI=1S/C24H26FN3O3/c1-16-14-19(25)10-11-21(16)26-22(29)18-8-6-17(7-9-18)15-27-12-13-28(24(31)23(27)30)20-4-2-3-5-20/h6-11,14,20H,2-5,12-13,15H2,1H3,(H,26,29). The number of halogens is 1. The summed E-state index contributed by atoms with van der Waals surface area (Å²) in [5, 5.41) is 2.78. The monoisotopic (exact) mass is 423 g/mol. The van der Waals surface area contributed by atoms with E-state index in [1.807, 2.05) is 0 Å². The maximum Gasteiger partial charge on any atom is 0.312 e. The number of amides is 3. The average Bonchev–Trinajstić information content (AvgIpc) is 3.28. The first-order valence-electron chi connectivity index (χ1n) is 10.7. The lowest BCUT2D eigenvalue weighted by atomic mass is 10.1. The number of carbonyl (C=O) groups excluding carboxylic acids is 3. The van der Waals surface area contributed by atoms with Crippen LogP contribution in [0, 0.1) is 12.7 Å². The molecule has 1 heterocycles. The first-order chi connectivity index (χ1) is 14.9. The molecule has 2 aromatic rings. The highest BCUT2D eigenvalue weighted by molar-refractivity contribution is 6.35. The Hall–Kier alpha value is -3.22. The van der Waals surface area contributed by atoms with E-state index >= 15 is 0 Å². The molecule has 2 aliphatic rings. The van der Waals surface area contributed by atoms with Crippen molar-refractivity contribution in [2.75, 3.05) is 18.4 Å². The van der Waals surface area contributed by atoms with E-state index in [0.717, 1.165) is 31.2 Å². The fourth-order valence-corrected chi connectivity index (χ4v) is 4.35. The van der Waals surface area contributed by atoms with Crippen LogP contribution in [0.15, 0.2) is 42.5 Å². The number of nitrogens with one attached hydrogen (secondary N) is 1. The molecule has 0 unspecified atom stereocenters. The summed E-state index contributed by atoms with van der Waals surface area (Å²) >= 11 is 0. The predicted molar refractivity (Wildman–Crippen MR) is 115 cm³/mol. The molecule has 3 amide bonds. The normalized spacial score (nSPS) is 17.4. The number of aryl methyl sites for hydroxylation is 1. The summed E-state index contributed by atoms with van der Waals surface area (Å²) in [7, 11) is 0. The lowest BCUT2D eigenvalue weighted by molar-refractivity contribution is -0.158. The first kappa shape index (κ1) is 21.0. The van der Waals surface area contributed by atoms with Crippen LogP contribution in [-0.2, 0) is 16.1 Å². The molecule has 6 nitrogen and oxygen atoms in total. The Kier molecular flexibility index (Phi) is 6.02. The number of hydrogen-bond donors (Lipinski definition) is 1. The van der Waals surface area contributed by atoms with Crippen LogP contribution in [0.25, 0.3) is 0 Å². The van der Waals surface area contributed by atoms with Gasteiger partial charge < -0.3 is 15.1 Å². The molecule has 1 N–H and O–H groups in total. The molecule has 0 aromatic heterocycles. The van der Waals surface area contributed by atoms with E-state index in [0.29, 0.717) is 36.4 Å². The zero-order chi connectivity index (χ0) is 22.0. The molecule has 7 heteroatoms. The molecule has 162 valence electrons. The van der Waals surface area contributed by atoms with E-state index in [2.05, 4.69) is 5.32 Å². The van der Waals surface area contributed by atoms with Crippen molar-refractivity contribution in [1.29, 1.82) is 0 Å². The summed E-state index contributed by atoms with van der Waals surface area (Å²) in [6.45, 7) is 3.16. The highest BCUT2D eigenvalue weighted by Crippen LogP contribution is 2.25. The van der Waals surface area contributed by atoms with Crippen molar-refractivity contribution in [3.63, 3.8) is 0 Å². The van der Waals surface area contributed by atoms with Gasteiger partial charge in [-0.3, -0.25) is 14.4 Å². The van der Waals surface area contributed by atoms with Crippen LogP contribution in [0.3, 0.4) is 0 Å². The molecule has 1 aliphatic carbocycles. The van der Waals surface area contributed by atoms with Crippen molar-refractivity contribution in [2.45, 2.75) is 45.2 Å². The smallest absolute Gasteiger partial charge is 0.312 e. The molecular formula is C24H26FN3O3. The highest BCUT2D eigenvalue weighted by atomic mass is 19.1. The van der Waals surface area contributed by atoms with Crippen molar-refractivity contribution < 1.29 is 18.8 Å². The Morgan fingerprint density at radius 3 is 2.42 bits per heavy atom. The highest BCUT2D eigenvalue weighted by Gasteiger charge is 2.37. The van der Waals surface area contributed by atoms with Gasteiger partial charge in [0.15, 0.2) is 0 Å². The second kappa shape index (κ2) is 8.88. The lowest BCUT2D eigenvalue weighted by Crippen LogP contribution is -2.56. The molecule has 0 bridgehead atoms. The van der Waals surface area contributed by atoms with E-state index < -0.39 is 11.8 Å². The molecule has 2 aromatic carbocycles. The van der Waals surface area contributed by atoms with E-state index in [-0.39, 0.29) is 17.8 Å². The number of anilines is 1. The Labute approximate surface area is 181 Å². The van der Waals surface area contributed by atoms with Gasteiger partial charge in [-0.1, -0.05) is 25.0 Å². The van der Waals surface area contributed by atoms with Crippen LogP contribution in [0.4, 0.5) is 10.1 Å². The van der Waals surface area contributed by atoms with Crippen LogP contribution >= 0.6 is 0 Å². The number of carbonyl (C=O) groups is 3. The molecular weight excluding hydrogens is 397 g/mol. The largest absolute Gasteiger partial charge is 0.330 e. The molecule has 0 radical (unpaired) electrons. The maximum absolute atomic E-state index is 13.2. The summed E-state index contributed by atoms with van der Waals surface area (Å²) in [6, 6.07) is 11.3. The minimum atomic E-state index is -0.452. The van der Waals surface area contributed by atoms with Gasteiger partial charge in [-0.25, -0.2) is 4.39 Å². The lowest BCUT2D eigenvalue weighted by Gasteiger charge is -2.37. The Balaban J connectivity index is 1.36. The summed E-state index contributed by atoms with van der Waals surface area (Å²) in [5.74, 6) is -1.50. The van der Waals surface area contributed by atoms with Gasteiger partial charge in [0.05, 0.1) is 0 Å². The fourth-order valence-electron chi connectivity index (χ4n) is 4.35. The number of piperazine rings is 1. The van der Waals surface area contributed by atoms with Crippen molar-refractivity contribution in [3.05, 3.63) is 65.0 Å². The molecule has 31 heavy (non-hydrogen) atoms. The third kappa shape index (κ3) is 4.60. The van der Waals surface area contributed by atoms with Crippen molar-refractivity contribution in [2.24, 2.45) is 0 Å². The van der Waals surface area contributed by atoms with Crippen LogP contribution in [0.2, 0.25) is 0 Å². The summed E-state index contributed by atoms with van der Waals surface area (Å²) in [4.78, 5) is 40.9. The maximum atomic E-state index is 13.2. The molecule has 1 saturated heterocycles. The Morgan fingerprint density at radius 1 is 1.03 bits per heavy atom. The molecule has 1 aliphatic heterocycles. The molecule has 2 fully saturated rings. The minimum Gasteiger partial charge on any atom is -0.330 e. The van der Waals surface area contributed by atoms with E-state index in [1.165, 1.54) is 18.2 Å². The second-order valence-corrected chi connectivity index (χ2v) is 8.27. The fraction of sp³-hybridized carbons (Fsp3) is 0.375. The van der Waals surface area contributed by atoms with Crippen LogP contribution in [0.1, 0.15) is 47.2 Å². The number of benzene rings is 2. The van der Waals surface area contributed by atoms with Gasteiger partial charge >= 0.3 is 11.8 Å². The Bertz CT molecular complexity index is 1000. The molecule has 0 spiro atoms. The minimum absolute atomic E-state index is 0.209. The van der Waals surface area contributed by atoms with E-state index in [1.54, 1.807) is 41.0 Å². The SMILES string of the molecule is Cc1cc(F)ccc1NC(=O)c1ccc(CN2CCN(C3CCCC3)C(=O)C2=O)cc1. The first-order valence-corrected chi connectivity index (χ1v) is 10.7. The van der Waals surface area contributed by atoms with Gasteiger partial charge in [-0.15, -0.1) is 0 Å². The van der Waals surface area contributed by atoms with Gasteiger partial charge in [0, 0.05) is 36.9 Å². The van der Waals surface area contributed by atoms with Gasteiger partial charge in [-0.2, -0.15) is 0 Å². The quantitative estimate of drug-likeness (QED) is 0.749. The summed E-state index contributed by atoms with van der Waals surface area (Å²) in [6.07, 6.45) is 4.21. The molecule has 4 rings (SSSR count). The Morgan fingerprint density at radius 2 is 1.74 bits per heavy atom. The third-order valence-corrected chi connectivity index (χ3v) is 6.13. The van der Waals surface area contributed by atoms with Gasteiger partial charge in [0.1, 0.15) is 5.82 Å². The van der Waals surface area contributed by atoms with E-state index in [4.69, 9.17) is 0 Å². The topological polar surface area (TPSA) is 69.7 Å². The number of nitrogens with zero attached hydrogens (tertiary/aromatic N) is 2. The number of rotatable bonds is 5. The van der Waals surface area contributed by atoms with Crippen LogP contribution in [-0.4, -0.2) is 46.7 Å². The second-order valence-electron chi connectivity index (χ2n) is 8.27. The van der Waals surface area contributed by atoms with Gasteiger partial charge in [-0.05, 0) is 61.2 Å². The third-order valence-electron chi connectivity index (χ3n) is 6.13. The predicted octanol–water partition coefficient (Wildman–Crippen LogP) is 3.50. The van der Waals surface area contributed by atoms with E-state index in [9.17, 15) is 18.8 Å². The zero-order valence-corrected chi connectivity index (χ0v) is 17.6. The van der Waals surface area contributed by atoms with Gasteiger partial charge in [0.25, 0.3) is 5.91 Å². The molecule has 0 atom stereocenters. The zero-order valence-electron chi connectivity index (χ0n) is 17.6. The number of hydrogen-bond acceptors (Lipinski definition) is 3. The average molecular weight is 423 g/mol. The van der Waals surface area contributed by atoms with Gasteiger partial charge in [0.2, 0.25) is 0 Å². The van der Waals surface area contributed by atoms with Crippen molar-refractivity contribution in [3.8, 4) is 0 Å². The summed E-state index contributed by atoms with van der Waals surface area (Å²) < 4.78 is 13.2. The van der Waals surface area contributed by atoms with Crippen molar-refractivity contribution >= 4 is 23.4 Å². The summed E-state index contributed by atoms with van der Waals surface area (Å²) in [5.41, 5.74) is 2.51. The van der Waals surface area contributed by atoms with Crippen LogP contribution < -0.4 is 5.32 Å². The van der Waals surface area contributed by atoms with Crippen molar-refractivity contribution in [1.82, 2.24) is 9.80 Å². The van der Waals surface area contributed by atoms with Crippen LogP contribution in [0.5, 0.6) is 0 Å². The molecule has 1 saturated carbocycles.